The predicted molar refractivity (Wildman–Crippen MR) is 123 cm³/mol. The molecule has 1 aromatic carbocycles. The first-order valence-corrected chi connectivity index (χ1v) is 11.5. The van der Waals surface area contributed by atoms with Crippen LogP contribution in [0.4, 0.5) is 5.69 Å². The van der Waals surface area contributed by atoms with E-state index in [0.29, 0.717) is 12.0 Å². The monoisotopic (exact) mass is 409 g/mol. The van der Waals surface area contributed by atoms with Crippen molar-refractivity contribution in [3.05, 3.63) is 78.5 Å². The van der Waals surface area contributed by atoms with Gasteiger partial charge in [0, 0.05) is 41.9 Å². The van der Waals surface area contributed by atoms with Gasteiger partial charge in [0.15, 0.2) is 5.82 Å². The van der Waals surface area contributed by atoms with Gasteiger partial charge in [-0.2, -0.15) is 0 Å². The van der Waals surface area contributed by atoms with Crippen molar-refractivity contribution in [2.24, 2.45) is 5.92 Å². The molecule has 2 aliphatic carbocycles. The maximum atomic E-state index is 4.45. The largest absolute Gasteiger partial charge is 0.340 e. The SMILES string of the molecule is C1=C(c2ccncc2)CN(c2cccc(-c3nncn3C3CC3)c2)C(C2CCCC2)=C1. The summed E-state index contributed by atoms with van der Waals surface area (Å²) >= 11 is 0. The van der Waals surface area contributed by atoms with Gasteiger partial charge in [-0.05, 0) is 73.1 Å². The lowest BCUT2D eigenvalue weighted by atomic mass is 9.95. The number of aromatic nitrogens is 4. The highest BCUT2D eigenvalue weighted by atomic mass is 15.3. The number of allylic oxidation sites excluding steroid dienone is 3. The highest BCUT2D eigenvalue weighted by Crippen LogP contribution is 2.40. The Kier molecular flexibility index (Phi) is 4.67. The Morgan fingerprint density at radius 3 is 2.52 bits per heavy atom. The van der Waals surface area contributed by atoms with Crippen LogP contribution in [0.2, 0.25) is 0 Å². The van der Waals surface area contributed by atoms with E-state index in [0.717, 1.165) is 17.9 Å². The first-order valence-electron chi connectivity index (χ1n) is 11.5. The molecule has 156 valence electrons. The molecule has 3 heterocycles. The summed E-state index contributed by atoms with van der Waals surface area (Å²) < 4.78 is 2.24. The number of nitrogens with zero attached hydrogens (tertiary/aromatic N) is 5. The summed E-state index contributed by atoms with van der Waals surface area (Å²) in [4.78, 5) is 6.71. The second-order valence-electron chi connectivity index (χ2n) is 8.93. The third kappa shape index (κ3) is 3.58. The lowest BCUT2D eigenvalue weighted by Gasteiger charge is -2.34. The molecule has 2 saturated carbocycles. The zero-order valence-corrected chi connectivity index (χ0v) is 17.7. The van der Waals surface area contributed by atoms with Crippen LogP contribution in [0.25, 0.3) is 17.0 Å². The number of hydrogen-bond donors (Lipinski definition) is 0. The fraction of sp³-hybridized carbons (Fsp3) is 0.346. The molecule has 5 heteroatoms. The molecule has 0 saturated heterocycles. The average molecular weight is 410 g/mol. The van der Waals surface area contributed by atoms with Crippen molar-refractivity contribution in [2.45, 2.75) is 44.6 Å². The molecular formula is C26H27N5. The summed E-state index contributed by atoms with van der Waals surface area (Å²) in [5, 5.41) is 8.66. The Morgan fingerprint density at radius 2 is 1.71 bits per heavy atom. The van der Waals surface area contributed by atoms with Crippen molar-refractivity contribution < 1.29 is 0 Å². The highest BCUT2D eigenvalue weighted by Gasteiger charge is 2.29. The van der Waals surface area contributed by atoms with Crippen LogP contribution >= 0.6 is 0 Å². The third-order valence-corrected chi connectivity index (χ3v) is 6.85. The number of rotatable bonds is 5. The number of pyridine rings is 1. The van der Waals surface area contributed by atoms with Crippen molar-refractivity contribution in [1.29, 1.82) is 0 Å². The normalized spacial score (nSPS) is 19.4. The van der Waals surface area contributed by atoms with Gasteiger partial charge in [0.1, 0.15) is 6.33 Å². The van der Waals surface area contributed by atoms with Gasteiger partial charge in [-0.15, -0.1) is 10.2 Å². The molecule has 0 N–H and O–H groups in total. The predicted octanol–water partition coefficient (Wildman–Crippen LogP) is 5.65. The summed E-state index contributed by atoms with van der Waals surface area (Å²) in [6.45, 7) is 0.880. The summed E-state index contributed by atoms with van der Waals surface area (Å²) in [5.74, 6) is 1.63. The Balaban J connectivity index is 1.38. The van der Waals surface area contributed by atoms with E-state index in [1.54, 1.807) is 0 Å². The van der Waals surface area contributed by atoms with Crippen LogP contribution in [-0.4, -0.2) is 26.3 Å². The van der Waals surface area contributed by atoms with E-state index in [9.17, 15) is 0 Å². The Hall–Kier alpha value is -3.21. The molecule has 6 rings (SSSR count). The molecule has 0 spiro atoms. The fourth-order valence-electron chi connectivity index (χ4n) is 5.04. The molecule has 1 aliphatic heterocycles. The van der Waals surface area contributed by atoms with Crippen molar-refractivity contribution >= 4 is 11.3 Å². The van der Waals surface area contributed by atoms with Crippen molar-refractivity contribution in [1.82, 2.24) is 19.7 Å². The fourth-order valence-corrected chi connectivity index (χ4v) is 5.04. The van der Waals surface area contributed by atoms with Gasteiger partial charge in [-0.25, -0.2) is 0 Å². The smallest absolute Gasteiger partial charge is 0.164 e. The van der Waals surface area contributed by atoms with Crippen LogP contribution in [0.5, 0.6) is 0 Å². The first kappa shape index (κ1) is 18.6. The maximum absolute atomic E-state index is 4.45. The molecule has 3 aliphatic rings. The summed E-state index contributed by atoms with van der Waals surface area (Å²) in [6.07, 6.45) is 18.0. The molecule has 5 nitrogen and oxygen atoms in total. The van der Waals surface area contributed by atoms with Crippen LogP contribution in [-0.2, 0) is 0 Å². The van der Waals surface area contributed by atoms with Gasteiger partial charge in [0.2, 0.25) is 0 Å². The molecule has 0 radical (unpaired) electrons. The second-order valence-corrected chi connectivity index (χ2v) is 8.93. The van der Waals surface area contributed by atoms with E-state index >= 15 is 0 Å². The Bertz CT molecular complexity index is 1130. The summed E-state index contributed by atoms with van der Waals surface area (Å²) in [7, 11) is 0. The molecule has 0 atom stereocenters. The molecular weight excluding hydrogens is 382 g/mol. The lowest BCUT2D eigenvalue weighted by molar-refractivity contribution is 0.616. The summed E-state index contributed by atoms with van der Waals surface area (Å²) in [6, 6.07) is 13.6. The maximum Gasteiger partial charge on any atom is 0.164 e. The van der Waals surface area contributed by atoms with Crippen LogP contribution < -0.4 is 4.90 Å². The van der Waals surface area contributed by atoms with E-state index in [1.165, 1.54) is 61.0 Å². The average Bonchev–Trinajstić information content (AvgIpc) is 3.32. The molecule has 2 fully saturated rings. The molecule has 31 heavy (non-hydrogen) atoms. The van der Waals surface area contributed by atoms with Gasteiger partial charge < -0.3 is 9.47 Å². The Labute approximate surface area is 183 Å². The van der Waals surface area contributed by atoms with E-state index in [2.05, 4.69) is 73.2 Å². The topological polar surface area (TPSA) is 46.8 Å². The number of hydrogen-bond acceptors (Lipinski definition) is 4. The molecule has 0 unspecified atom stereocenters. The minimum atomic E-state index is 0.568. The van der Waals surface area contributed by atoms with Gasteiger partial charge in [-0.3, -0.25) is 4.98 Å². The third-order valence-electron chi connectivity index (χ3n) is 6.85. The van der Waals surface area contributed by atoms with Gasteiger partial charge in [0.25, 0.3) is 0 Å². The number of benzene rings is 1. The molecule has 0 amide bonds. The molecule has 2 aromatic heterocycles. The van der Waals surface area contributed by atoms with Crippen LogP contribution in [0.15, 0.2) is 73.0 Å². The lowest BCUT2D eigenvalue weighted by Crippen LogP contribution is -2.30. The van der Waals surface area contributed by atoms with Crippen LogP contribution in [0.1, 0.15) is 50.1 Å². The first-order chi connectivity index (χ1) is 15.4. The van der Waals surface area contributed by atoms with Crippen LogP contribution in [0.3, 0.4) is 0 Å². The quantitative estimate of drug-likeness (QED) is 0.546. The molecule has 3 aromatic rings. The highest BCUT2D eigenvalue weighted by molar-refractivity contribution is 5.76. The zero-order chi connectivity index (χ0) is 20.6. The van der Waals surface area contributed by atoms with Crippen molar-refractivity contribution in [3.8, 4) is 11.4 Å². The minimum absolute atomic E-state index is 0.568. The van der Waals surface area contributed by atoms with E-state index in [4.69, 9.17) is 0 Å². The Morgan fingerprint density at radius 1 is 0.871 bits per heavy atom. The van der Waals surface area contributed by atoms with Crippen molar-refractivity contribution in [2.75, 3.05) is 11.4 Å². The second kappa shape index (κ2) is 7.80. The summed E-state index contributed by atoms with van der Waals surface area (Å²) in [5.41, 5.74) is 6.41. The van der Waals surface area contributed by atoms with E-state index in [1.807, 2.05) is 18.7 Å². The number of anilines is 1. The molecule has 0 bridgehead atoms. The van der Waals surface area contributed by atoms with Gasteiger partial charge in [0.05, 0.1) is 0 Å². The van der Waals surface area contributed by atoms with Gasteiger partial charge in [-0.1, -0.05) is 31.1 Å². The van der Waals surface area contributed by atoms with Crippen LogP contribution in [0, 0.1) is 5.92 Å². The van der Waals surface area contributed by atoms with Gasteiger partial charge >= 0.3 is 0 Å². The van der Waals surface area contributed by atoms with E-state index < -0.39 is 0 Å². The standard InChI is InChI=1S/C26H27N5/c1-2-5-20(4-1)25-11-8-22(19-12-14-27-15-13-19)17-30(25)24-7-3-6-21(16-24)26-29-28-18-31(26)23-9-10-23/h3,6-8,11-16,18,20,23H,1-2,4-5,9-10,17H2. The van der Waals surface area contributed by atoms with Crippen molar-refractivity contribution in [3.63, 3.8) is 0 Å². The zero-order valence-electron chi connectivity index (χ0n) is 17.7. The minimum Gasteiger partial charge on any atom is -0.340 e. The van der Waals surface area contributed by atoms with E-state index in [-0.39, 0.29) is 0 Å².